The molecule has 0 aromatic rings. The summed E-state index contributed by atoms with van der Waals surface area (Å²) in [4.78, 5) is 0. The van der Waals surface area contributed by atoms with Crippen LogP contribution >= 0.6 is 0 Å². The molecule has 0 fully saturated rings. The van der Waals surface area contributed by atoms with Gasteiger partial charge >= 0.3 is 0 Å². The molecule has 0 heterocycles. The van der Waals surface area contributed by atoms with E-state index in [1.54, 1.807) is 0 Å². The number of hydrogen-bond acceptors (Lipinski definition) is 2. The molecular formula is C9H15NO. The molecule has 2 nitrogen and oxygen atoms in total. The number of nitrogens with two attached hydrogens (primary N) is 1. The number of aliphatic hydroxyl groups is 1. The Labute approximate surface area is 67.4 Å². The molecule has 1 rings (SSSR count). The molecule has 1 aliphatic carbocycles. The molecule has 0 amide bonds. The molecular weight excluding hydrogens is 138 g/mol. The average molecular weight is 153 g/mol. The molecule has 3 N–H and O–H groups in total. The third-order valence-electron chi connectivity index (χ3n) is 2.35. The van der Waals surface area contributed by atoms with Gasteiger partial charge < -0.3 is 10.8 Å². The lowest BCUT2D eigenvalue weighted by Crippen LogP contribution is -2.29. The second-order valence-electron chi connectivity index (χ2n) is 3.25. The molecule has 0 aromatic heterocycles. The highest BCUT2D eigenvalue weighted by Crippen LogP contribution is 2.32. The number of allylic oxidation sites excluding steroid dienone is 3. The van der Waals surface area contributed by atoms with Crippen molar-refractivity contribution in [3.8, 4) is 0 Å². The van der Waals surface area contributed by atoms with Gasteiger partial charge in [0.15, 0.2) is 0 Å². The van der Waals surface area contributed by atoms with E-state index in [1.807, 2.05) is 19.1 Å². The topological polar surface area (TPSA) is 46.2 Å². The second kappa shape index (κ2) is 3.20. The van der Waals surface area contributed by atoms with E-state index in [-0.39, 0.29) is 12.0 Å². The Hall–Kier alpha value is -0.600. The van der Waals surface area contributed by atoms with E-state index in [0.29, 0.717) is 6.54 Å². The lowest BCUT2D eigenvalue weighted by molar-refractivity contribution is 0.174. The van der Waals surface area contributed by atoms with Gasteiger partial charge in [-0.2, -0.15) is 0 Å². The van der Waals surface area contributed by atoms with Crippen molar-refractivity contribution in [2.75, 3.05) is 13.2 Å². The Morgan fingerprint density at radius 1 is 1.73 bits per heavy atom. The smallest absolute Gasteiger partial charge is 0.0525 e. The van der Waals surface area contributed by atoms with Gasteiger partial charge in [0.05, 0.1) is 6.61 Å². The maximum absolute atomic E-state index is 9.12. The van der Waals surface area contributed by atoms with Crippen molar-refractivity contribution in [1.29, 1.82) is 0 Å². The molecule has 1 aliphatic rings. The molecule has 11 heavy (non-hydrogen) atoms. The van der Waals surface area contributed by atoms with E-state index in [9.17, 15) is 0 Å². The maximum atomic E-state index is 9.12. The summed E-state index contributed by atoms with van der Waals surface area (Å²) in [7, 11) is 0. The van der Waals surface area contributed by atoms with Crippen molar-refractivity contribution in [3.63, 3.8) is 0 Å². The van der Waals surface area contributed by atoms with Crippen LogP contribution in [0.5, 0.6) is 0 Å². The van der Waals surface area contributed by atoms with Gasteiger partial charge in [-0.25, -0.2) is 0 Å². The molecule has 0 radical (unpaired) electrons. The predicted molar refractivity (Wildman–Crippen MR) is 46.1 cm³/mol. The molecule has 62 valence electrons. The van der Waals surface area contributed by atoms with Crippen LogP contribution in [0.25, 0.3) is 0 Å². The maximum Gasteiger partial charge on any atom is 0.0525 e. The molecule has 0 bridgehead atoms. The van der Waals surface area contributed by atoms with Crippen molar-refractivity contribution in [1.82, 2.24) is 0 Å². The zero-order valence-electron chi connectivity index (χ0n) is 6.88. The zero-order chi connectivity index (χ0) is 8.32. The minimum Gasteiger partial charge on any atom is -0.395 e. The van der Waals surface area contributed by atoms with Gasteiger partial charge in [0.2, 0.25) is 0 Å². The van der Waals surface area contributed by atoms with Crippen molar-refractivity contribution in [2.24, 2.45) is 11.1 Å². The fourth-order valence-corrected chi connectivity index (χ4v) is 1.33. The Kier molecular flexibility index (Phi) is 2.47. The highest BCUT2D eigenvalue weighted by Gasteiger charge is 2.26. The fraction of sp³-hybridized carbons (Fsp3) is 0.556. The summed E-state index contributed by atoms with van der Waals surface area (Å²) >= 11 is 0. The van der Waals surface area contributed by atoms with Crippen LogP contribution < -0.4 is 5.73 Å². The lowest BCUT2D eigenvalue weighted by atomic mass is 9.77. The first-order chi connectivity index (χ1) is 5.23. The molecule has 1 unspecified atom stereocenters. The number of rotatable bonds is 2. The summed E-state index contributed by atoms with van der Waals surface area (Å²) in [5, 5.41) is 9.12. The highest BCUT2D eigenvalue weighted by atomic mass is 16.3. The van der Waals surface area contributed by atoms with Crippen LogP contribution in [-0.2, 0) is 0 Å². The first kappa shape index (κ1) is 8.50. The van der Waals surface area contributed by atoms with Crippen molar-refractivity contribution in [3.05, 3.63) is 23.8 Å². The van der Waals surface area contributed by atoms with Gasteiger partial charge in [0.25, 0.3) is 0 Å². The van der Waals surface area contributed by atoms with Crippen LogP contribution in [0.1, 0.15) is 13.3 Å². The molecule has 1 atom stereocenters. The average Bonchev–Trinajstić information content (AvgIpc) is 2.05. The quantitative estimate of drug-likeness (QED) is 0.617. The monoisotopic (exact) mass is 153 g/mol. The van der Waals surface area contributed by atoms with Crippen molar-refractivity contribution >= 4 is 0 Å². The van der Waals surface area contributed by atoms with Crippen molar-refractivity contribution < 1.29 is 5.11 Å². The lowest BCUT2D eigenvalue weighted by Gasteiger charge is -2.30. The summed E-state index contributed by atoms with van der Waals surface area (Å²) in [5.74, 6) is 0. The Morgan fingerprint density at radius 3 is 2.91 bits per heavy atom. The standard InChI is InChI=1S/C9H15NO/c1-9(7-11)5-3-2-4-8(9)6-10/h2-4,11H,5-7,10H2,1H3. The first-order valence-corrected chi connectivity index (χ1v) is 3.90. The van der Waals surface area contributed by atoms with Crippen LogP contribution in [0, 0.1) is 5.41 Å². The molecule has 0 aliphatic heterocycles. The van der Waals surface area contributed by atoms with Crippen LogP contribution in [-0.4, -0.2) is 18.3 Å². The summed E-state index contributed by atoms with van der Waals surface area (Å²) < 4.78 is 0. The van der Waals surface area contributed by atoms with Crippen LogP contribution in [0.3, 0.4) is 0 Å². The molecule has 0 aromatic carbocycles. The highest BCUT2D eigenvalue weighted by molar-refractivity contribution is 5.26. The summed E-state index contributed by atoms with van der Waals surface area (Å²) in [6, 6.07) is 0. The molecule has 0 saturated carbocycles. The largest absolute Gasteiger partial charge is 0.395 e. The number of aliphatic hydroxyl groups excluding tert-OH is 1. The Bertz CT molecular complexity index is 196. The Morgan fingerprint density at radius 2 is 2.45 bits per heavy atom. The second-order valence-corrected chi connectivity index (χ2v) is 3.25. The van der Waals surface area contributed by atoms with Crippen molar-refractivity contribution in [2.45, 2.75) is 13.3 Å². The van der Waals surface area contributed by atoms with Gasteiger partial charge in [0, 0.05) is 12.0 Å². The number of hydrogen-bond donors (Lipinski definition) is 2. The van der Waals surface area contributed by atoms with Gasteiger partial charge in [0.1, 0.15) is 0 Å². The fourth-order valence-electron chi connectivity index (χ4n) is 1.33. The minimum absolute atomic E-state index is 0.108. The predicted octanol–water partition coefficient (Wildman–Crippen LogP) is 0.830. The van der Waals surface area contributed by atoms with E-state index < -0.39 is 0 Å². The SMILES string of the molecule is CC1(CO)CC=CC=C1CN. The third-order valence-corrected chi connectivity index (χ3v) is 2.35. The third kappa shape index (κ3) is 1.52. The summed E-state index contributed by atoms with van der Waals surface area (Å²) in [5.41, 5.74) is 6.57. The normalized spacial score (nSPS) is 30.3. The van der Waals surface area contributed by atoms with E-state index in [0.717, 1.165) is 12.0 Å². The van der Waals surface area contributed by atoms with E-state index in [2.05, 4.69) is 6.08 Å². The minimum atomic E-state index is -0.108. The van der Waals surface area contributed by atoms with Crippen LogP contribution in [0.4, 0.5) is 0 Å². The van der Waals surface area contributed by atoms with E-state index in [4.69, 9.17) is 10.8 Å². The van der Waals surface area contributed by atoms with Gasteiger partial charge in [-0.15, -0.1) is 0 Å². The molecule has 0 saturated heterocycles. The van der Waals surface area contributed by atoms with Gasteiger partial charge in [-0.05, 0) is 12.0 Å². The van der Waals surface area contributed by atoms with Crippen LogP contribution in [0.15, 0.2) is 23.8 Å². The first-order valence-electron chi connectivity index (χ1n) is 3.90. The Balaban J connectivity index is 2.82. The van der Waals surface area contributed by atoms with Gasteiger partial charge in [-0.1, -0.05) is 25.2 Å². The molecule has 2 heteroatoms. The van der Waals surface area contributed by atoms with E-state index >= 15 is 0 Å². The zero-order valence-corrected chi connectivity index (χ0v) is 6.88. The summed E-state index contributed by atoms with van der Waals surface area (Å²) in [6.45, 7) is 2.76. The van der Waals surface area contributed by atoms with Gasteiger partial charge in [-0.3, -0.25) is 0 Å². The van der Waals surface area contributed by atoms with E-state index in [1.165, 1.54) is 0 Å². The van der Waals surface area contributed by atoms with Crippen LogP contribution in [0.2, 0.25) is 0 Å². The summed E-state index contributed by atoms with van der Waals surface area (Å²) in [6.07, 6.45) is 6.96. The molecule has 0 spiro atoms.